The number of anilines is 1. The number of hydrogen-bond donors (Lipinski definition) is 1. The Morgan fingerprint density at radius 2 is 1.57 bits per heavy atom. The fourth-order valence-corrected chi connectivity index (χ4v) is 7.28. The van der Waals surface area contributed by atoms with Crippen molar-refractivity contribution in [2.24, 2.45) is 0 Å². The summed E-state index contributed by atoms with van der Waals surface area (Å²) >= 11 is 0. The number of piperidine rings is 1. The third-order valence-corrected chi connectivity index (χ3v) is 9.96. The summed E-state index contributed by atoms with van der Waals surface area (Å²) in [6, 6.07) is 14.0. The summed E-state index contributed by atoms with van der Waals surface area (Å²) in [7, 11) is -7.75. The lowest BCUT2D eigenvalue weighted by atomic mass is 10.2. The maximum absolute atomic E-state index is 13.5. The molecule has 0 radical (unpaired) electrons. The second-order valence-corrected chi connectivity index (χ2v) is 12.7. The van der Waals surface area contributed by atoms with Gasteiger partial charge in [0.1, 0.15) is 0 Å². The van der Waals surface area contributed by atoms with Crippen molar-refractivity contribution in [2.45, 2.75) is 48.0 Å². The number of hydrogen-bond acceptors (Lipinski definition) is 6. The van der Waals surface area contributed by atoms with E-state index in [2.05, 4.69) is 5.32 Å². The zero-order valence-electron chi connectivity index (χ0n) is 19.5. The highest BCUT2D eigenvalue weighted by Crippen LogP contribution is 2.24. The van der Waals surface area contributed by atoms with Crippen LogP contribution in [0, 0.1) is 0 Å². The van der Waals surface area contributed by atoms with Crippen molar-refractivity contribution in [3.63, 3.8) is 0 Å². The summed E-state index contributed by atoms with van der Waals surface area (Å²) < 4.78 is 61.0. The second-order valence-electron chi connectivity index (χ2n) is 8.78. The molecule has 2 aromatic carbocycles. The van der Waals surface area contributed by atoms with Crippen LogP contribution in [0.3, 0.4) is 0 Å². The van der Waals surface area contributed by atoms with Crippen molar-refractivity contribution < 1.29 is 26.4 Å². The van der Waals surface area contributed by atoms with Crippen LogP contribution in [0.1, 0.15) is 32.1 Å². The molecule has 4 rings (SSSR count). The molecule has 2 aliphatic rings. The first-order valence-electron chi connectivity index (χ1n) is 11.8. The topological polar surface area (TPSA) is 113 Å². The minimum atomic E-state index is -4.08. The average Bonchev–Trinajstić information content (AvgIpc) is 3.38. The number of ether oxygens (including phenoxy) is 1. The fraction of sp³-hybridized carbons (Fsp3) is 0.458. The van der Waals surface area contributed by atoms with Gasteiger partial charge in [-0.3, -0.25) is 4.79 Å². The van der Waals surface area contributed by atoms with Crippen LogP contribution in [0.4, 0.5) is 5.69 Å². The highest BCUT2D eigenvalue weighted by Gasteiger charge is 2.32. The van der Waals surface area contributed by atoms with E-state index in [-0.39, 0.29) is 29.0 Å². The van der Waals surface area contributed by atoms with Crippen LogP contribution in [0.25, 0.3) is 0 Å². The minimum absolute atomic E-state index is 0.0401. The van der Waals surface area contributed by atoms with E-state index in [9.17, 15) is 21.6 Å². The lowest BCUT2D eigenvalue weighted by Crippen LogP contribution is -2.42. The lowest BCUT2D eigenvalue weighted by Gasteiger charge is -2.26. The number of nitrogens with zero attached hydrogens (tertiary/aromatic N) is 2. The molecule has 2 fully saturated rings. The first-order chi connectivity index (χ1) is 16.8. The Morgan fingerprint density at radius 1 is 0.914 bits per heavy atom. The monoisotopic (exact) mass is 521 g/mol. The molecular formula is C24H31N3O6S2. The van der Waals surface area contributed by atoms with Crippen LogP contribution in [0.2, 0.25) is 0 Å². The van der Waals surface area contributed by atoms with Gasteiger partial charge in [0, 0.05) is 31.9 Å². The number of para-hydroxylation sites is 1. The van der Waals surface area contributed by atoms with Crippen molar-refractivity contribution in [2.75, 3.05) is 38.1 Å². The van der Waals surface area contributed by atoms with Crippen molar-refractivity contribution in [3.05, 3.63) is 54.6 Å². The smallest absolute Gasteiger partial charge is 0.243 e. The average molecular weight is 522 g/mol. The molecule has 0 unspecified atom stereocenters. The summed E-state index contributed by atoms with van der Waals surface area (Å²) in [5.74, 6) is -0.470. The van der Waals surface area contributed by atoms with E-state index in [0.29, 0.717) is 31.8 Å². The Labute approximate surface area is 207 Å². The molecule has 0 spiro atoms. The minimum Gasteiger partial charge on any atom is -0.377 e. The zero-order valence-corrected chi connectivity index (χ0v) is 21.1. The number of rotatable bonds is 9. The molecule has 1 atom stereocenters. The van der Waals surface area contributed by atoms with Crippen LogP contribution in [0.5, 0.6) is 0 Å². The Kier molecular flexibility index (Phi) is 8.23. The molecule has 11 heteroatoms. The summed E-state index contributed by atoms with van der Waals surface area (Å²) in [4.78, 5) is 12.7. The van der Waals surface area contributed by atoms with Crippen LogP contribution in [0.15, 0.2) is 64.4 Å². The zero-order chi connectivity index (χ0) is 24.9. The molecule has 1 amide bonds. The van der Waals surface area contributed by atoms with Gasteiger partial charge in [0.05, 0.1) is 22.4 Å². The quantitative estimate of drug-likeness (QED) is 0.543. The third kappa shape index (κ3) is 6.28. The normalized spacial score (nSPS) is 19.6. The number of carbonyl (C=O) groups excluding carboxylic acids is 1. The van der Waals surface area contributed by atoms with Crippen molar-refractivity contribution in [1.82, 2.24) is 8.61 Å². The molecule has 0 aliphatic carbocycles. The van der Waals surface area contributed by atoms with E-state index >= 15 is 0 Å². The maximum atomic E-state index is 13.5. The van der Waals surface area contributed by atoms with Crippen LogP contribution < -0.4 is 5.32 Å². The van der Waals surface area contributed by atoms with Crippen LogP contribution in [-0.4, -0.2) is 70.2 Å². The van der Waals surface area contributed by atoms with Gasteiger partial charge >= 0.3 is 0 Å². The van der Waals surface area contributed by atoms with Crippen molar-refractivity contribution >= 4 is 31.6 Å². The summed E-state index contributed by atoms with van der Waals surface area (Å²) in [5, 5.41) is 2.72. The molecule has 190 valence electrons. The molecule has 2 saturated heterocycles. The summed E-state index contributed by atoms with van der Waals surface area (Å²) in [5.41, 5.74) is 0.569. The molecule has 9 nitrogen and oxygen atoms in total. The molecule has 0 aromatic heterocycles. The number of nitrogens with one attached hydrogen (secondary N) is 1. The third-order valence-electron chi connectivity index (χ3n) is 6.22. The molecule has 0 saturated carbocycles. The summed E-state index contributed by atoms with van der Waals surface area (Å²) in [6.45, 7) is 1.14. The first-order valence-corrected chi connectivity index (χ1v) is 14.7. The highest BCUT2D eigenvalue weighted by atomic mass is 32.2. The van der Waals surface area contributed by atoms with Gasteiger partial charge in [0.15, 0.2) is 0 Å². The molecule has 2 aromatic rings. The molecular weight excluding hydrogens is 490 g/mol. The van der Waals surface area contributed by atoms with Crippen LogP contribution >= 0.6 is 0 Å². The Bertz CT molecular complexity index is 1210. The number of sulfonamides is 2. The molecule has 0 bridgehead atoms. The number of benzene rings is 2. The van der Waals surface area contributed by atoms with E-state index < -0.39 is 26.0 Å². The van der Waals surface area contributed by atoms with Crippen molar-refractivity contribution in [1.29, 1.82) is 0 Å². The Balaban J connectivity index is 1.54. The van der Waals surface area contributed by atoms with Crippen LogP contribution in [-0.2, 0) is 29.6 Å². The van der Waals surface area contributed by atoms with Gasteiger partial charge in [-0.05, 0) is 62.1 Å². The van der Waals surface area contributed by atoms with Gasteiger partial charge in [-0.25, -0.2) is 16.8 Å². The predicted octanol–water partition coefficient (Wildman–Crippen LogP) is 2.67. The first kappa shape index (κ1) is 25.8. The standard InChI is InChI=1S/C24H31N3O6S2/c28-24(25-20-8-3-1-4-9-20)19-27(18-21-10-7-17-33-21)35(31,32)23-13-11-22(12-14-23)34(29,30)26-15-5-2-6-16-26/h1,3-4,8-9,11-14,21H,2,5-7,10,15-19H2,(H,25,28)/t21-/m0/s1. The van der Waals surface area contributed by atoms with E-state index in [1.807, 2.05) is 6.07 Å². The van der Waals surface area contributed by atoms with E-state index in [4.69, 9.17) is 4.74 Å². The van der Waals surface area contributed by atoms with Crippen molar-refractivity contribution in [3.8, 4) is 0 Å². The Hall–Kier alpha value is -2.31. The molecule has 1 N–H and O–H groups in total. The molecule has 2 heterocycles. The summed E-state index contributed by atoms with van der Waals surface area (Å²) in [6.07, 6.45) is 3.87. The molecule has 35 heavy (non-hydrogen) atoms. The van der Waals surface area contributed by atoms with Gasteiger partial charge in [0.2, 0.25) is 26.0 Å². The number of carbonyl (C=O) groups is 1. The van der Waals surface area contributed by atoms with E-state index in [1.54, 1.807) is 24.3 Å². The van der Waals surface area contributed by atoms with E-state index in [1.165, 1.54) is 28.6 Å². The number of amides is 1. The van der Waals surface area contributed by atoms with E-state index in [0.717, 1.165) is 30.0 Å². The van der Waals surface area contributed by atoms with Gasteiger partial charge in [-0.15, -0.1) is 0 Å². The SMILES string of the molecule is O=C(CN(C[C@@H]1CCCO1)S(=O)(=O)c1ccc(S(=O)(=O)N2CCCCC2)cc1)Nc1ccccc1. The highest BCUT2D eigenvalue weighted by molar-refractivity contribution is 7.89. The van der Waals surface area contributed by atoms with Gasteiger partial charge in [-0.1, -0.05) is 24.6 Å². The van der Waals surface area contributed by atoms with Gasteiger partial charge in [0.25, 0.3) is 0 Å². The van der Waals surface area contributed by atoms with Gasteiger partial charge in [-0.2, -0.15) is 8.61 Å². The maximum Gasteiger partial charge on any atom is 0.243 e. The fourth-order valence-electron chi connectivity index (χ4n) is 4.33. The Morgan fingerprint density at radius 3 is 2.20 bits per heavy atom. The lowest BCUT2D eigenvalue weighted by molar-refractivity contribution is -0.116. The van der Waals surface area contributed by atoms with Gasteiger partial charge < -0.3 is 10.1 Å². The second kappa shape index (κ2) is 11.2. The largest absolute Gasteiger partial charge is 0.377 e. The predicted molar refractivity (Wildman–Crippen MR) is 132 cm³/mol. The molecule has 2 aliphatic heterocycles.